The van der Waals surface area contributed by atoms with E-state index >= 15 is 0 Å². The van der Waals surface area contributed by atoms with Gasteiger partial charge in [0.25, 0.3) is 0 Å². The fourth-order valence-electron chi connectivity index (χ4n) is 3.41. The van der Waals surface area contributed by atoms with Crippen LogP contribution in [0.5, 0.6) is 0 Å². The maximum atomic E-state index is 12.5. The van der Waals surface area contributed by atoms with Crippen LogP contribution >= 0.6 is 0 Å². The standard InChI is InChI=1S/C21H24O4/c1-12(2)15-9-7-14(4)18-17(11-15)13(3)8-10-16-19(18)21(23-5,24-6)25-20(16)22/h7-12H,1-6H3. The van der Waals surface area contributed by atoms with Crippen LogP contribution in [0.25, 0.3) is 0 Å². The summed E-state index contributed by atoms with van der Waals surface area (Å²) in [7, 11) is 2.96. The second kappa shape index (κ2) is 6.28. The van der Waals surface area contributed by atoms with E-state index in [9.17, 15) is 4.79 Å². The van der Waals surface area contributed by atoms with E-state index in [0.29, 0.717) is 17.1 Å². The molecule has 25 heavy (non-hydrogen) atoms. The fraction of sp³-hybridized carbons (Fsp3) is 0.381. The second-order valence-corrected chi connectivity index (χ2v) is 6.76. The highest BCUT2D eigenvalue weighted by atomic mass is 16.9. The van der Waals surface area contributed by atoms with Crippen molar-refractivity contribution in [3.63, 3.8) is 0 Å². The van der Waals surface area contributed by atoms with Gasteiger partial charge in [0.1, 0.15) is 0 Å². The van der Waals surface area contributed by atoms with Crippen molar-refractivity contribution in [2.75, 3.05) is 14.2 Å². The summed E-state index contributed by atoms with van der Waals surface area (Å²) in [5.41, 5.74) is 6.44. The first-order chi connectivity index (χ1) is 11.8. The Kier molecular flexibility index (Phi) is 4.43. The molecule has 132 valence electrons. The predicted octanol–water partition coefficient (Wildman–Crippen LogP) is 4.14. The van der Waals surface area contributed by atoms with E-state index in [1.807, 2.05) is 19.9 Å². The van der Waals surface area contributed by atoms with Crippen molar-refractivity contribution in [3.05, 3.63) is 69.4 Å². The van der Waals surface area contributed by atoms with Crippen molar-refractivity contribution in [2.45, 2.75) is 33.7 Å². The van der Waals surface area contributed by atoms with Gasteiger partial charge in [-0.05, 0) is 53.7 Å². The van der Waals surface area contributed by atoms with Gasteiger partial charge in [-0.25, -0.2) is 4.79 Å². The molecule has 0 spiro atoms. The topological polar surface area (TPSA) is 44.8 Å². The van der Waals surface area contributed by atoms with Crippen molar-refractivity contribution in [3.8, 4) is 0 Å². The van der Waals surface area contributed by atoms with Crippen LogP contribution in [0.15, 0.2) is 69.4 Å². The molecule has 1 heterocycles. The molecular formula is C21H24O4. The van der Waals surface area contributed by atoms with E-state index in [0.717, 1.165) is 22.3 Å². The van der Waals surface area contributed by atoms with Crippen LogP contribution < -0.4 is 0 Å². The van der Waals surface area contributed by atoms with E-state index in [1.165, 1.54) is 19.8 Å². The van der Waals surface area contributed by atoms with Crippen LogP contribution in [-0.2, 0) is 19.0 Å². The monoisotopic (exact) mass is 340 g/mol. The average molecular weight is 340 g/mol. The van der Waals surface area contributed by atoms with Crippen LogP contribution in [0.4, 0.5) is 0 Å². The zero-order valence-corrected chi connectivity index (χ0v) is 15.6. The number of fused-ring (bicyclic) bond motifs is 2. The van der Waals surface area contributed by atoms with E-state index in [-0.39, 0.29) is 0 Å². The Morgan fingerprint density at radius 1 is 0.960 bits per heavy atom. The summed E-state index contributed by atoms with van der Waals surface area (Å²) in [5, 5.41) is 0. The molecule has 4 heteroatoms. The number of ether oxygens (including phenoxy) is 3. The van der Waals surface area contributed by atoms with Crippen LogP contribution in [0.3, 0.4) is 0 Å². The molecule has 0 unspecified atom stereocenters. The maximum absolute atomic E-state index is 12.5. The number of allylic oxidation sites excluding steroid dienone is 10. The molecule has 0 bridgehead atoms. The van der Waals surface area contributed by atoms with Crippen LogP contribution in [-0.4, -0.2) is 26.2 Å². The molecule has 0 N–H and O–H groups in total. The number of esters is 1. The minimum absolute atomic E-state index is 0.389. The van der Waals surface area contributed by atoms with Crippen LogP contribution in [0.1, 0.15) is 27.7 Å². The largest absolute Gasteiger partial charge is 0.400 e. The number of carbonyl (C=O) groups excluding carboxylic acids is 1. The second-order valence-electron chi connectivity index (χ2n) is 6.76. The third-order valence-electron chi connectivity index (χ3n) is 4.90. The van der Waals surface area contributed by atoms with Gasteiger partial charge in [-0.15, -0.1) is 0 Å². The third-order valence-corrected chi connectivity index (χ3v) is 4.90. The zero-order chi connectivity index (χ0) is 18.4. The average Bonchev–Trinajstić information content (AvgIpc) is 2.69. The van der Waals surface area contributed by atoms with E-state index < -0.39 is 11.9 Å². The van der Waals surface area contributed by atoms with Gasteiger partial charge in [0.15, 0.2) is 0 Å². The molecule has 0 aromatic heterocycles. The number of hydrogen-bond acceptors (Lipinski definition) is 4. The van der Waals surface area contributed by atoms with E-state index in [2.05, 4.69) is 32.1 Å². The van der Waals surface area contributed by atoms with Crippen molar-refractivity contribution in [1.82, 2.24) is 0 Å². The minimum atomic E-state index is -1.52. The van der Waals surface area contributed by atoms with Gasteiger partial charge in [0.2, 0.25) is 0 Å². The van der Waals surface area contributed by atoms with Crippen molar-refractivity contribution in [1.29, 1.82) is 0 Å². The molecule has 4 nitrogen and oxygen atoms in total. The summed E-state index contributed by atoms with van der Waals surface area (Å²) < 4.78 is 16.6. The molecule has 0 aromatic rings. The minimum Gasteiger partial charge on any atom is -0.400 e. The predicted molar refractivity (Wildman–Crippen MR) is 96.5 cm³/mol. The van der Waals surface area contributed by atoms with Gasteiger partial charge in [-0.3, -0.25) is 0 Å². The smallest absolute Gasteiger partial charge is 0.359 e. The van der Waals surface area contributed by atoms with Crippen molar-refractivity contribution in [2.24, 2.45) is 5.92 Å². The van der Waals surface area contributed by atoms with Gasteiger partial charge in [-0.1, -0.05) is 38.2 Å². The van der Waals surface area contributed by atoms with Gasteiger partial charge >= 0.3 is 11.9 Å². The Bertz CT molecular complexity index is 809. The lowest BCUT2D eigenvalue weighted by Crippen LogP contribution is -2.36. The first kappa shape index (κ1) is 17.6. The van der Waals surface area contributed by atoms with Crippen LogP contribution in [0, 0.1) is 5.92 Å². The molecule has 0 radical (unpaired) electrons. The normalized spacial score (nSPS) is 22.0. The Labute approximate surface area is 148 Å². The molecule has 2 aliphatic carbocycles. The van der Waals surface area contributed by atoms with Crippen LogP contribution in [0.2, 0.25) is 0 Å². The number of hydrogen-bond donors (Lipinski definition) is 0. The molecule has 3 aliphatic rings. The highest BCUT2D eigenvalue weighted by Gasteiger charge is 2.52. The Morgan fingerprint density at radius 2 is 1.60 bits per heavy atom. The number of methoxy groups -OCH3 is 2. The summed E-state index contributed by atoms with van der Waals surface area (Å²) in [6.07, 6.45) is 10.1. The molecule has 0 aromatic carbocycles. The molecule has 1 saturated heterocycles. The van der Waals surface area contributed by atoms with Gasteiger partial charge < -0.3 is 14.2 Å². The van der Waals surface area contributed by atoms with Crippen molar-refractivity contribution < 1.29 is 19.0 Å². The molecule has 0 atom stereocenters. The molecule has 1 aliphatic heterocycles. The van der Waals surface area contributed by atoms with Gasteiger partial charge in [0, 0.05) is 14.2 Å². The zero-order valence-electron chi connectivity index (χ0n) is 15.6. The Balaban J connectivity index is 2.38. The summed E-state index contributed by atoms with van der Waals surface area (Å²) in [6.45, 7) is 8.42. The lowest BCUT2D eigenvalue weighted by atomic mass is 9.87. The lowest BCUT2D eigenvalue weighted by Gasteiger charge is -2.27. The Hall–Kier alpha value is -2.17. The lowest BCUT2D eigenvalue weighted by molar-refractivity contribution is -0.307. The van der Waals surface area contributed by atoms with Gasteiger partial charge in [0.05, 0.1) is 11.1 Å². The number of rotatable bonds is 3. The summed E-state index contributed by atoms with van der Waals surface area (Å²) in [5.74, 6) is -1.57. The summed E-state index contributed by atoms with van der Waals surface area (Å²) >= 11 is 0. The fourth-order valence-corrected chi connectivity index (χ4v) is 3.41. The quantitative estimate of drug-likeness (QED) is 0.572. The molecule has 0 amide bonds. The number of cyclic esters (lactones) is 1. The summed E-state index contributed by atoms with van der Waals surface area (Å²) in [6, 6.07) is 0. The number of carbonyl (C=O) groups is 1. The third kappa shape index (κ3) is 2.66. The van der Waals surface area contributed by atoms with E-state index in [4.69, 9.17) is 14.2 Å². The molecule has 1 fully saturated rings. The maximum Gasteiger partial charge on any atom is 0.359 e. The highest BCUT2D eigenvalue weighted by Crippen LogP contribution is 2.47. The first-order valence-corrected chi connectivity index (χ1v) is 8.43. The molecular weight excluding hydrogens is 316 g/mol. The molecule has 3 rings (SSSR count). The highest BCUT2D eigenvalue weighted by molar-refractivity contribution is 5.99. The Morgan fingerprint density at radius 3 is 2.20 bits per heavy atom. The SMILES string of the molecule is COC1(OC)OC(=O)C2=CC=C(C)C3=CC(C(C)C)=CC=C(C)C3=C21. The molecule has 0 saturated carbocycles. The van der Waals surface area contributed by atoms with E-state index in [1.54, 1.807) is 6.08 Å². The van der Waals surface area contributed by atoms with Gasteiger partial charge in [-0.2, -0.15) is 0 Å². The van der Waals surface area contributed by atoms with Crippen molar-refractivity contribution >= 4 is 5.97 Å². The first-order valence-electron chi connectivity index (χ1n) is 8.43. The summed E-state index contributed by atoms with van der Waals surface area (Å²) in [4.78, 5) is 12.5.